The lowest BCUT2D eigenvalue weighted by molar-refractivity contribution is -0.137. The van der Waals surface area contributed by atoms with Crippen LogP contribution in [0.5, 0.6) is 0 Å². The van der Waals surface area contributed by atoms with Crippen molar-refractivity contribution < 1.29 is 13.2 Å². The third kappa shape index (κ3) is 4.39. The Morgan fingerprint density at radius 2 is 1.43 bits per heavy atom. The van der Waals surface area contributed by atoms with E-state index in [2.05, 4.69) is 25.9 Å². The molecule has 0 amide bonds. The van der Waals surface area contributed by atoms with E-state index in [1.807, 2.05) is 24.3 Å². The monoisotopic (exact) mass is 470 g/mol. The van der Waals surface area contributed by atoms with Crippen molar-refractivity contribution in [2.45, 2.75) is 6.18 Å². The predicted octanol–water partition coefficient (Wildman–Crippen LogP) is 6.45. The maximum absolute atomic E-state index is 13.5. The molecule has 28 heavy (non-hydrogen) atoms. The van der Waals surface area contributed by atoms with Crippen molar-refractivity contribution in [3.05, 3.63) is 69.8 Å². The lowest BCUT2D eigenvalue weighted by Crippen LogP contribution is -2.21. The molecule has 4 nitrogen and oxygen atoms in total. The van der Waals surface area contributed by atoms with Gasteiger partial charge in [-0.05, 0) is 48.5 Å². The second-order valence-electron chi connectivity index (χ2n) is 5.98. The fourth-order valence-electron chi connectivity index (χ4n) is 2.55. The molecule has 0 bridgehead atoms. The van der Waals surface area contributed by atoms with Crippen LogP contribution in [0.15, 0.2) is 59.2 Å². The Labute approximate surface area is 173 Å². The maximum atomic E-state index is 13.5. The van der Waals surface area contributed by atoms with E-state index < -0.39 is 11.7 Å². The second-order valence-corrected chi connectivity index (χ2v) is 7.33. The number of aromatic nitrogens is 2. The van der Waals surface area contributed by atoms with Gasteiger partial charge < -0.3 is 9.80 Å². The van der Waals surface area contributed by atoms with Crippen LogP contribution < -0.4 is 9.80 Å². The zero-order valence-electron chi connectivity index (χ0n) is 14.9. The molecule has 9 heteroatoms. The van der Waals surface area contributed by atoms with Crippen LogP contribution in [-0.2, 0) is 6.18 Å². The molecule has 0 aliphatic carbocycles. The van der Waals surface area contributed by atoms with E-state index in [1.165, 1.54) is 11.9 Å². The van der Waals surface area contributed by atoms with E-state index in [-0.39, 0.29) is 11.8 Å². The topological polar surface area (TPSA) is 32.3 Å². The SMILES string of the molecule is CN(c1ccc(Br)cc1)c1ncc(C(F)(F)F)c(N(C)c2ccc(Cl)cc2)n1. The molecule has 0 radical (unpaired) electrons. The summed E-state index contributed by atoms with van der Waals surface area (Å²) in [5, 5.41) is 0.492. The number of alkyl halides is 3. The number of nitrogens with zero attached hydrogens (tertiary/aromatic N) is 4. The summed E-state index contributed by atoms with van der Waals surface area (Å²) >= 11 is 9.23. The standard InChI is InChI=1S/C19H15BrClF3N4/c1-27(14-9-5-13(21)6-10-14)17-16(19(22,23)24)11-25-18(26-17)28(2)15-7-3-12(20)4-8-15/h3-11H,1-2H3. The Balaban J connectivity index is 2.06. The van der Waals surface area contributed by atoms with Crippen molar-refractivity contribution in [3.63, 3.8) is 0 Å². The molecule has 146 valence electrons. The molecule has 0 spiro atoms. The van der Waals surface area contributed by atoms with Gasteiger partial charge in [0.15, 0.2) is 5.82 Å². The summed E-state index contributed by atoms with van der Waals surface area (Å²) in [6, 6.07) is 13.8. The van der Waals surface area contributed by atoms with Crippen LogP contribution in [0.3, 0.4) is 0 Å². The first kappa shape index (κ1) is 20.4. The van der Waals surface area contributed by atoms with Crippen LogP contribution in [0, 0.1) is 0 Å². The smallest absolute Gasteiger partial charge is 0.329 e. The number of benzene rings is 2. The highest BCUT2D eigenvalue weighted by Gasteiger charge is 2.37. The molecule has 1 heterocycles. The molecule has 1 aromatic heterocycles. The minimum atomic E-state index is -4.59. The van der Waals surface area contributed by atoms with E-state index in [4.69, 9.17) is 11.6 Å². The van der Waals surface area contributed by atoms with Crippen LogP contribution >= 0.6 is 27.5 Å². The van der Waals surface area contributed by atoms with E-state index in [0.717, 1.165) is 16.4 Å². The molecule has 3 aromatic rings. The number of hydrogen-bond donors (Lipinski definition) is 0. The molecule has 0 aliphatic rings. The van der Waals surface area contributed by atoms with Crippen LogP contribution in [-0.4, -0.2) is 24.1 Å². The van der Waals surface area contributed by atoms with Gasteiger partial charge in [-0.3, -0.25) is 0 Å². The third-order valence-electron chi connectivity index (χ3n) is 4.11. The Bertz CT molecular complexity index is 962. The highest BCUT2D eigenvalue weighted by atomic mass is 79.9. The predicted molar refractivity (Wildman–Crippen MR) is 109 cm³/mol. The summed E-state index contributed by atoms with van der Waals surface area (Å²) in [5.74, 6) is -0.102. The minimum absolute atomic E-state index is 0.145. The molecule has 0 unspecified atom stereocenters. The van der Waals surface area contributed by atoms with Gasteiger partial charge in [0.2, 0.25) is 5.95 Å². The first-order chi connectivity index (χ1) is 13.2. The van der Waals surface area contributed by atoms with Gasteiger partial charge in [0, 0.05) is 41.2 Å². The Morgan fingerprint density at radius 3 is 2.00 bits per heavy atom. The molecule has 0 N–H and O–H groups in total. The summed E-state index contributed by atoms with van der Waals surface area (Å²) < 4.78 is 41.5. The number of rotatable bonds is 4. The summed E-state index contributed by atoms with van der Waals surface area (Å²) in [5.41, 5.74) is 0.340. The van der Waals surface area contributed by atoms with Crippen LogP contribution in [0.4, 0.5) is 36.3 Å². The van der Waals surface area contributed by atoms with E-state index >= 15 is 0 Å². The summed E-state index contributed by atoms with van der Waals surface area (Å²) in [7, 11) is 3.21. The van der Waals surface area contributed by atoms with E-state index in [9.17, 15) is 13.2 Å². The van der Waals surface area contributed by atoms with Crippen molar-refractivity contribution in [2.24, 2.45) is 0 Å². The first-order valence-electron chi connectivity index (χ1n) is 8.09. The van der Waals surface area contributed by atoms with Gasteiger partial charge in [-0.15, -0.1) is 0 Å². The van der Waals surface area contributed by atoms with Gasteiger partial charge in [0.05, 0.1) is 0 Å². The molecule has 0 aliphatic heterocycles. The minimum Gasteiger partial charge on any atom is -0.329 e. The normalized spacial score (nSPS) is 11.4. The Kier molecular flexibility index (Phi) is 5.81. The van der Waals surface area contributed by atoms with Crippen LogP contribution in [0.1, 0.15) is 5.56 Å². The van der Waals surface area contributed by atoms with Gasteiger partial charge in [-0.1, -0.05) is 27.5 Å². The van der Waals surface area contributed by atoms with Crippen molar-refractivity contribution in [1.29, 1.82) is 0 Å². The zero-order valence-corrected chi connectivity index (χ0v) is 17.2. The van der Waals surface area contributed by atoms with Crippen LogP contribution in [0.25, 0.3) is 0 Å². The molecule has 0 atom stereocenters. The largest absolute Gasteiger partial charge is 0.421 e. The summed E-state index contributed by atoms with van der Waals surface area (Å²) in [6.45, 7) is 0. The molecule has 3 rings (SSSR count). The first-order valence-corrected chi connectivity index (χ1v) is 9.27. The van der Waals surface area contributed by atoms with E-state index in [0.29, 0.717) is 10.7 Å². The van der Waals surface area contributed by atoms with Gasteiger partial charge in [0.1, 0.15) is 5.56 Å². The molecular weight excluding hydrogens is 457 g/mol. The number of anilines is 4. The Morgan fingerprint density at radius 1 is 0.893 bits per heavy atom. The number of hydrogen-bond acceptors (Lipinski definition) is 4. The summed E-state index contributed by atoms with van der Waals surface area (Å²) in [6.07, 6.45) is -3.79. The molecule has 0 saturated carbocycles. The Hall–Kier alpha value is -2.32. The summed E-state index contributed by atoms with van der Waals surface area (Å²) in [4.78, 5) is 11.1. The second kappa shape index (κ2) is 7.97. The quantitative estimate of drug-likeness (QED) is 0.438. The van der Waals surface area contributed by atoms with Crippen molar-refractivity contribution in [2.75, 3.05) is 23.9 Å². The highest BCUT2D eigenvalue weighted by molar-refractivity contribution is 9.10. The van der Waals surface area contributed by atoms with Crippen molar-refractivity contribution >= 4 is 50.7 Å². The fraction of sp³-hybridized carbons (Fsp3) is 0.158. The fourth-order valence-corrected chi connectivity index (χ4v) is 2.94. The lowest BCUT2D eigenvalue weighted by atomic mass is 10.2. The average molecular weight is 472 g/mol. The highest BCUT2D eigenvalue weighted by Crippen LogP contribution is 2.38. The van der Waals surface area contributed by atoms with Gasteiger partial charge in [-0.2, -0.15) is 18.2 Å². The van der Waals surface area contributed by atoms with Crippen molar-refractivity contribution in [1.82, 2.24) is 9.97 Å². The molecule has 0 saturated heterocycles. The number of halogens is 5. The average Bonchev–Trinajstić information content (AvgIpc) is 2.67. The van der Waals surface area contributed by atoms with E-state index in [1.54, 1.807) is 36.2 Å². The van der Waals surface area contributed by atoms with Crippen molar-refractivity contribution in [3.8, 4) is 0 Å². The molecule has 0 fully saturated rings. The lowest BCUT2D eigenvalue weighted by Gasteiger charge is -2.25. The van der Waals surface area contributed by atoms with Crippen LogP contribution in [0.2, 0.25) is 5.02 Å². The van der Waals surface area contributed by atoms with Gasteiger partial charge in [-0.25, -0.2) is 4.98 Å². The maximum Gasteiger partial charge on any atom is 0.421 e. The molecule has 2 aromatic carbocycles. The third-order valence-corrected chi connectivity index (χ3v) is 4.89. The van der Waals surface area contributed by atoms with Gasteiger partial charge in [0.25, 0.3) is 0 Å². The zero-order chi connectivity index (χ0) is 20.5. The van der Waals surface area contributed by atoms with Gasteiger partial charge >= 0.3 is 6.18 Å². The molecular formula is C19H15BrClF3N4.